The van der Waals surface area contributed by atoms with E-state index < -0.39 is 0 Å². The number of carbonyl (C=O) groups excluding carboxylic acids is 1. The van der Waals surface area contributed by atoms with Crippen molar-refractivity contribution in [3.05, 3.63) is 0 Å². The summed E-state index contributed by atoms with van der Waals surface area (Å²) in [5.74, 6) is 4.04. The highest BCUT2D eigenvalue weighted by Gasteiger charge is 2.20. The van der Waals surface area contributed by atoms with Gasteiger partial charge in [-0.15, -0.1) is 6.42 Å². The normalized spacial score (nSPS) is 21.9. The van der Waals surface area contributed by atoms with Crippen LogP contribution in [0.4, 0.5) is 0 Å². The zero-order chi connectivity index (χ0) is 12.7. The third-order valence-electron chi connectivity index (χ3n) is 3.56. The first-order valence-electron chi connectivity index (χ1n) is 6.56. The van der Waals surface area contributed by atoms with Gasteiger partial charge in [0.2, 0.25) is 5.91 Å². The highest BCUT2D eigenvalue weighted by molar-refractivity contribution is 5.78. The van der Waals surface area contributed by atoms with Crippen LogP contribution < -0.4 is 5.32 Å². The minimum atomic E-state index is 0.0472. The number of carbonyl (C=O) groups is 1. The van der Waals surface area contributed by atoms with Crippen LogP contribution in [0.1, 0.15) is 33.1 Å². The van der Waals surface area contributed by atoms with Gasteiger partial charge in [-0.3, -0.25) is 9.69 Å². The van der Waals surface area contributed by atoms with Crippen molar-refractivity contribution in [3.8, 4) is 12.3 Å². The minimum Gasteiger partial charge on any atom is -0.344 e. The predicted octanol–water partition coefficient (Wildman–Crippen LogP) is 1.49. The monoisotopic (exact) mass is 236 g/mol. The average Bonchev–Trinajstić information content (AvgIpc) is 2.52. The molecule has 1 aliphatic heterocycles. The van der Waals surface area contributed by atoms with Gasteiger partial charge in [0, 0.05) is 0 Å². The maximum Gasteiger partial charge on any atom is 0.234 e. The van der Waals surface area contributed by atoms with Crippen molar-refractivity contribution in [3.63, 3.8) is 0 Å². The number of hydrogen-bond acceptors (Lipinski definition) is 2. The van der Waals surface area contributed by atoms with Crippen molar-refractivity contribution >= 4 is 5.91 Å². The fourth-order valence-electron chi connectivity index (χ4n) is 2.42. The third kappa shape index (κ3) is 5.23. The summed E-state index contributed by atoms with van der Waals surface area (Å²) < 4.78 is 0. The van der Waals surface area contributed by atoms with Crippen LogP contribution in [-0.4, -0.2) is 37.0 Å². The summed E-state index contributed by atoms with van der Waals surface area (Å²) in [4.78, 5) is 13.8. The molecular weight excluding hydrogens is 212 g/mol. The van der Waals surface area contributed by atoms with Crippen molar-refractivity contribution in [2.45, 2.75) is 33.1 Å². The molecule has 1 saturated heterocycles. The number of nitrogens with one attached hydrogen (secondary N) is 1. The second-order valence-corrected chi connectivity index (χ2v) is 5.19. The first-order chi connectivity index (χ1) is 8.13. The lowest BCUT2D eigenvalue weighted by molar-refractivity contribution is -0.122. The lowest BCUT2D eigenvalue weighted by Gasteiger charge is -2.20. The summed E-state index contributed by atoms with van der Waals surface area (Å²) in [5.41, 5.74) is 0. The van der Waals surface area contributed by atoms with Crippen molar-refractivity contribution < 1.29 is 4.79 Å². The number of rotatable bonds is 4. The molecule has 0 aliphatic carbocycles. The molecule has 0 bridgehead atoms. The summed E-state index contributed by atoms with van der Waals surface area (Å²) in [6, 6.07) is 0. The smallest absolute Gasteiger partial charge is 0.234 e. The van der Waals surface area contributed by atoms with Crippen LogP contribution in [0.3, 0.4) is 0 Å². The fraction of sp³-hybridized carbons (Fsp3) is 0.786. The van der Waals surface area contributed by atoms with Gasteiger partial charge in [0.25, 0.3) is 0 Å². The number of terminal acetylenes is 1. The Labute approximate surface area is 105 Å². The van der Waals surface area contributed by atoms with E-state index in [1.54, 1.807) is 0 Å². The average molecular weight is 236 g/mol. The molecule has 0 radical (unpaired) electrons. The van der Waals surface area contributed by atoms with E-state index in [-0.39, 0.29) is 5.91 Å². The molecule has 0 aromatic heterocycles. The molecular formula is C14H24N2O. The quantitative estimate of drug-likeness (QED) is 0.750. The van der Waals surface area contributed by atoms with E-state index in [1.165, 1.54) is 19.3 Å². The number of likely N-dealkylation sites (tertiary alicyclic amines) is 1. The van der Waals surface area contributed by atoms with Crippen LogP contribution in [0, 0.1) is 24.2 Å². The van der Waals surface area contributed by atoms with Gasteiger partial charge < -0.3 is 5.32 Å². The highest BCUT2D eigenvalue weighted by Crippen LogP contribution is 2.24. The molecule has 1 fully saturated rings. The maximum absolute atomic E-state index is 11.5. The molecule has 0 aromatic rings. The van der Waals surface area contributed by atoms with E-state index in [2.05, 4.69) is 30.0 Å². The lowest BCUT2D eigenvalue weighted by atomic mass is 9.89. The van der Waals surface area contributed by atoms with Crippen molar-refractivity contribution in [2.75, 3.05) is 26.2 Å². The summed E-state index contributed by atoms with van der Waals surface area (Å²) in [6.07, 6.45) is 8.81. The molecule has 17 heavy (non-hydrogen) atoms. The van der Waals surface area contributed by atoms with Gasteiger partial charge in [0.1, 0.15) is 0 Å². The molecule has 3 heteroatoms. The number of hydrogen-bond donors (Lipinski definition) is 1. The van der Waals surface area contributed by atoms with E-state index >= 15 is 0 Å². The molecule has 3 nitrogen and oxygen atoms in total. The minimum absolute atomic E-state index is 0.0472. The molecule has 1 rings (SSSR count). The van der Waals surface area contributed by atoms with E-state index in [9.17, 15) is 4.79 Å². The van der Waals surface area contributed by atoms with Crippen LogP contribution in [0.15, 0.2) is 0 Å². The first kappa shape index (κ1) is 14.1. The Bertz CT molecular complexity index is 280. The van der Waals surface area contributed by atoms with Crippen molar-refractivity contribution in [1.29, 1.82) is 0 Å². The molecule has 1 unspecified atom stereocenters. The van der Waals surface area contributed by atoms with Gasteiger partial charge >= 0.3 is 0 Å². The molecule has 96 valence electrons. The second kappa shape index (κ2) is 7.34. The van der Waals surface area contributed by atoms with E-state index in [4.69, 9.17) is 6.42 Å². The standard InChI is InChI=1S/C14H24N2O/c1-4-8-15-14(17)11-16-9-5-6-13(7-10-16)12(2)3/h1,12-13H,5-11H2,2-3H3,(H,15,17). The Hall–Kier alpha value is -1.01. The molecule has 0 aromatic carbocycles. The topological polar surface area (TPSA) is 32.3 Å². The highest BCUT2D eigenvalue weighted by atomic mass is 16.2. The molecule has 1 amide bonds. The van der Waals surface area contributed by atoms with Crippen LogP contribution in [0.25, 0.3) is 0 Å². The van der Waals surface area contributed by atoms with E-state index in [0.717, 1.165) is 24.9 Å². The van der Waals surface area contributed by atoms with Crippen molar-refractivity contribution in [1.82, 2.24) is 10.2 Å². The number of nitrogens with zero attached hydrogens (tertiary/aromatic N) is 1. The first-order valence-corrected chi connectivity index (χ1v) is 6.56. The summed E-state index contributed by atoms with van der Waals surface area (Å²) in [5, 5.41) is 2.72. The van der Waals surface area contributed by atoms with Gasteiger partial charge in [-0.2, -0.15) is 0 Å². The lowest BCUT2D eigenvalue weighted by Crippen LogP contribution is -2.38. The van der Waals surface area contributed by atoms with Crippen LogP contribution in [-0.2, 0) is 4.79 Å². The van der Waals surface area contributed by atoms with E-state index in [0.29, 0.717) is 13.1 Å². The number of amides is 1. The van der Waals surface area contributed by atoms with Gasteiger partial charge in [-0.1, -0.05) is 19.8 Å². The van der Waals surface area contributed by atoms with Crippen LogP contribution >= 0.6 is 0 Å². The Morgan fingerprint density at radius 2 is 2.24 bits per heavy atom. The molecule has 1 heterocycles. The molecule has 1 N–H and O–H groups in total. The molecule has 0 spiro atoms. The summed E-state index contributed by atoms with van der Waals surface area (Å²) in [7, 11) is 0. The zero-order valence-corrected chi connectivity index (χ0v) is 11.0. The van der Waals surface area contributed by atoms with Crippen molar-refractivity contribution in [2.24, 2.45) is 11.8 Å². The van der Waals surface area contributed by atoms with E-state index in [1.807, 2.05) is 0 Å². The van der Waals surface area contributed by atoms with Gasteiger partial charge in [-0.05, 0) is 44.2 Å². The Balaban J connectivity index is 2.31. The molecule has 0 saturated carbocycles. The predicted molar refractivity (Wildman–Crippen MR) is 70.5 cm³/mol. The Morgan fingerprint density at radius 1 is 1.47 bits per heavy atom. The third-order valence-corrected chi connectivity index (χ3v) is 3.56. The van der Waals surface area contributed by atoms with Crippen LogP contribution in [0.2, 0.25) is 0 Å². The Kier molecular flexibility index (Phi) is 6.07. The summed E-state index contributed by atoms with van der Waals surface area (Å²) in [6.45, 7) is 7.48. The van der Waals surface area contributed by atoms with Gasteiger partial charge in [0.05, 0.1) is 13.1 Å². The molecule has 1 atom stereocenters. The largest absolute Gasteiger partial charge is 0.344 e. The summed E-state index contributed by atoms with van der Waals surface area (Å²) >= 11 is 0. The molecule has 1 aliphatic rings. The zero-order valence-electron chi connectivity index (χ0n) is 11.0. The fourth-order valence-corrected chi connectivity index (χ4v) is 2.42. The van der Waals surface area contributed by atoms with Crippen LogP contribution in [0.5, 0.6) is 0 Å². The van der Waals surface area contributed by atoms with Gasteiger partial charge in [0.15, 0.2) is 0 Å². The Morgan fingerprint density at radius 3 is 2.88 bits per heavy atom. The second-order valence-electron chi connectivity index (χ2n) is 5.19. The van der Waals surface area contributed by atoms with Gasteiger partial charge in [-0.25, -0.2) is 0 Å². The maximum atomic E-state index is 11.5. The SMILES string of the molecule is C#CCNC(=O)CN1CCCC(C(C)C)CC1.